The summed E-state index contributed by atoms with van der Waals surface area (Å²) in [6, 6.07) is 4.43. The lowest BCUT2D eigenvalue weighted by Gasteiger charge is -2.33. The molecule has 6 nitrogen and oxygen atoms in total. The maximum Gasteiger partial charge on any atom is 0.251 e. The second kappa shape index (κ2) is 11.6. The minimum Gasteiger partial charge on any atom is -0.342 e. The molecule has 0 bridgehead atoms. The number of nitrogens with one attached hydrogen (secondary N) is 2. The second-order valence-corrected chi connectivity index (χ2v) is 11.0. The van der Waals surface area contributed by atoms with Gasteiger partial charge in [-0.25, -0.2) is 4.39 Å². The van der Waals surface area contributed by atoms with E-state index in [1.54, 1.807) is 6.07 Å². The van der Waals surface area contributed by atoms with Gasteiger partial charge in [0.1, 0.15) is 5.82 Å². The van der Waals surface area contributed by atoms with Gasteiger partial charge in [-0.15, -0.1) is 0 Å². The molecule has 2 atom stereocenters. The molecule has 1 aliphatic heterocycles. The van der Waals surface area contributed by atoms with E-state index < -0.39 is 17.8 Å². The SMILES string of the molecule is CC(C)C(=O)[C@H](NC(=O)c1cc(F)cc(C2CCCN(C(=O)CNC3CC3)C2)c1)C1CCCCC1. The molecule has 192 valence electrons. The van der Waals surface area contributed by atoms with Gasteiger partial charge in [0, 0.05) is 36.5 Å². The Morgan fingerprint density at radius 1 is 1.00 bits per heavy atom. The van der Waals surface area contributed by atoms with Crippen molar-refractivity contribution >= 4 is 17.6 Å². The number of carbonyl (C=O) groups is 3. The molecule has 2 aliphatic carbocycles. The quantitative estimate of drug-likeness (QED) is 0.550. The Bertz CT molecular complexity index is 924. The minimum absolute atomic E-state index is 0.0117. The first kappa shape index (κ1) is 25.8. The van der Waals surface area contributed by atoms with Gasteiger partial charge >= 0.3 is 0 Å². The Hall–Kier alpha value is -2.28. The largest absolute Gasteiger partial charge is 0.342 e. The molecule has 35 heavy (non-hydrogen) atoms. The van der Waals surface area contributed by atoms with E-state index >= 15 is 0 Å². The Labute approximate surface area is 208 Å². The molecular weight excluding hydrogens is 445 g/mol. The summed E-state index contributed by atoms with van der Waals surface area (Å²) in [5.41, 5.74) is 0.989. The summed E-state index contributed by atoms with van der Waals surface area (Å²) in [5.74, 6) is -0.782. The minimum atomic E-state index is -0.531. The maximum absolute atomic E-state index is 14.7. The molecule has 2 N–H and O–H groups in total. The van der Waals surface area contributed by atoms with E-state index in [4.69, 9.17) is 0 Å². The van der Waals surface area contributed by atoms with Crippen LogP contribution in [0.3, 0.4) is 0 Å². The van der Waals surface area contributed by atoms with Gasteiger partial charge in [0.05, 0.1) is 12.6 Å². The third-order valence-corrected chi connectivity index (χ3v) is 7.83. The molecule has 0 aromatic heterocycles. The molecule has 3 aliphatic rings. The molecule has 1 aromatic carbocycles. The van der Waals surface area contributed by atoms with Crippen molar-refractivity contribution in [1.82, 2.24) is 15.5 Å². The lowest BCUT2D eigenvalue weighted by molar-refractivity contribution is -0.131. The van der Waals surface area contributed by atoms with Gasteiger partial charge < -0.3 is 15.5 Å². The number of nitrogens with zero attached hydrogens (tertiary/aromatic N) is 1. The van der Waals surface area contributed by atoms with Crippen LogP contribution in [-0.4, -0.2) is 54.2 Å². The summed E-state index contributed by atoms with van der Waals surface area (Å²) < 4.78 is 14.7. The van der Waals surface area contributed by atoms with Gasteiger partial charge in [-0.2, -0.15) is 0 Å². The third-order valence-electron chi connectivity index (χ3n) is 7.83. The molecule has 1 unspecified atom stereocenters. The van der Waals surface area contributed by atoms with Crippen molar-refractivity contribution in [2.75, 3.05) is 19.6 Å². The molecule has 1 heterocycles. The summed E-state index contributed by atoms with van der Waals surface area (Å²) in [4.78, 5) is 40.7. The fourth-order valence-corrected chi connectivity index (χ4v) is 5.56. The number of hydrogen-bond acceptors (Lipinski definition) is 4. The van der Waals surface area contributed by atoms with Gasteiger partial charge in [0.15, 0.2) is 5.78 Å². The average Bonchev–Trinajstić information content (AvgIpc) is 3.70. The zero-order valence-electron chi connectivity index (χ0n) is 21.2. The highest BCUT2D eigenvalue weighted by atomic mass is 19.1. The van der Waals surface area contributed by atoms with Crippen LogP contribution in [0.25, 0.3) is 0 Å². The van der Waals surface area contributed by atoms with E-state index in [1.165, 1.54) is 12.1 Å². The van der Waals surface area contributed by atoms with Gasteiger partial charge in [0.25, 0.3) is 5.91 Å². The summed E-state index contributed by atoms with van der Waals surface area (Å²) >= 11 is 0. The van der Waals surface area contributed by atoms with Crippen molar-refractivity contribution in [3.05, 3.63) is 35.1 Å². The average molecular weight is 486 g/mol. The molecule has 3 fully saturated rings. The lowest BCUT2D eigenvalue weighted by atomic mass is 9.80. The van der Waals surface area contributed by atoms with Crippen LogP contribution in [0.5, 0.6) is 0 Å². The summed E-state index contributed by atoms with van der Waals surface area (Å²) in [5, 5.41) is 6.25. The second-order valence-electron chi connectivity index (χ2n) is 11.0. The first-order chi connectivity index (χ1) is 16.8. The predicted molar refractivity (Wildman–Crippen MR) is 134 cm³/mol. The van der Waals surface area contributed by atoms with E-state index in [9.17, 15) is 18.8 Å². The zero-order valence-corrected chi connectivity index (χ0v) is 21.2. The highest BCUT2D eigenvalue weighted by molar-refractivity contribution is 5.98. The molecule has 1 saturated heterocycles. The summed E-state index contributed by atoms with van der Waals surface area (Å²) in [6.45, 7) is 5.32. The molecule has 0 spiro atoms. The number of halogens is 1. The van der Waals surface area contributed by atoms with Crippen molar-refractivity contribution in [3.8, 4) is 0 Å². The van der Waals surface area contributed by atoms with Crippen molar-refractivity contribution < 1.29 is 18.8 Å². The van der Waals surface area contributed by atoms with Crippen molar-refractivity contribution in [3.63, 3.8) is 0 Å². The molecule has 4 rings (SSSR count). The Balaban J connectivity index is 1.45. The fraction of sp³-hybridized carbons (Fsp3) is 0.679. The van der Waals surface area contributed by atoms with Gasteiger partial charge in [0.2, 0.25) is 5.91 Å². The van der Waals surface area contributed by atoms with Crippen LogP contribution in [0, 0.1) is 17.7 Å². The molecule has 1 aromatic rings. The standard InChI is InChI=1S/C28H40FN3O3/c1-18(2)27(34)26(19-7-4-3-5-8-19)31-28(35)22-13-21(14-23(29)15-22)20-9-6-12-32(17-20)25(33)16-30-24-10-11-24/h13-15,18-20,24,26,30H,3-12,16-17H2,1-2H3,(H,31,35)/t20?,26-/m1/s1. The smallest absolute Gasteiger partial charge is 0.251 e. The normalized spacial score (nSPS) is 22.2. The van der Waals surface area contributed by atoms with Crippen molar-refractivity contribution in [1.29, 1.82) is 0 Å². The Morgan fingerprint density at radius 2 is 1.74 bits per heavy atom. The molecule has 2 saturated carbocycles. The summed E-state index contributed by atoms with van der Waals surface area (Å²) in [7, 11) is 0. The van der Waals surface area contributed by atoms with Crippen LogP contribution in [0.2, 0.25) is 0 Å². The lowest BCUT2D eigenvalue weighted by Crippen LogP contribution is -2.48. The third kappa shape index (κ3) is 6.90. The van der Waals surface area contributed by atoms with Crippen LogP contribution in [0.1, 0.15) is 93.5 Å². The Morgan fingerprint density at radius 3 is 2.43 bits per heavy atom. The first-order valence-corrected chi connectivity index (χ1v) is 13.5. The summed E-state index contributed by atoms with van der Waals surface area (Å²) in [6.07, 6.45) is 9.13. The van der Waals surface area contributed by atoms with E-state index in [2.05, 4.69) is 10.6 Å². The predicted octanol–water partition coefficient (Wildman–Crippen LogP) is 4.19. The number of amides is 2. The molecule has 7 heteroatoms. The van der Waals surface area contributed by atoms with E-state index in [0.717, 1.165) is 63.4 Å². The molecule has 0 radical (unpaired) electrons. The zero-order chi connectivity index (χ0) is 24.9. The highest BCUT2D eigenvalue weighted by Crippen LogP contribution is 2.30. The number of likely N-dealkylation sites (tertiary alicyclic amines) is 1. The van der Waals surface area contributed by atoms with E-state index in [0.29, 0.717) is 25.7 Å². The van der Waals surface area contributed by atoms with Crippen LogP contribution in [-0.2, 0) is 9.59 Å². The van der Waals surface area contributed by atoms with Crippen LogP contribution in [0.15, 0.2) is 18.2 Å². The van der Waals surface area contributed by atoms with Crippen molar-refractivity contribution in [2.24, 2.45) is 11.8 Å². The van der Waals surface area contributed by atoms with Crippen LogP contribution < -0.4 is 10.6 Å². The monoisotopic (exact) mass is 485 g/mol. The van der Waals surface area contributed by atoms with E-state index in [1.807, 2.05) is 18.7 Å². The first-order valence-electron chi connectivity index (χ1n) is 13.5. The number of Topliss-reactive ketones (excluding diaryl/α,β-unsaturated/α-hetero) is 1. The number of ketones is 1. The number of carbonyl (C=O) groups excluding carboxylic acids is 3. The van der Waals surface area contributed by atoms with Crippen LogP contribution >= 0.6 is 0 Å². The number of hydrogen-bond donors (Lipinski definition) is 2. The maximum atomic E-state index is 14.7. The van der Waals surface area contributed by atoms with E-state index in [-0.39, 0.29) is 35.0 Å². The highest BCUT2D eigenvalue weighted by Gasteiger charge is 2.33. The number of rotatable bonds is 9. The van der Waals surface area contributed by atoms with Crippen molar-refractivity contribution in [2.45, 2.75) is 89.6 Å². The molecule has 2 amide bonds. The van der Waals surface area contributed by atoms with Gasteiger partial charge in [-0.05, 0) is 68.2 Å². The van der Waals surface area contributed by atoms with Crippen LogP contribution in [0.4, 0.5) is 4.39 Å². The van der Waals surface area contributed by atoms with Gasteiger partial charge in [-0.3, -0.25) is 14.4 Å². The Kier molecular flexibility index (Phi) is 8.58. The fourth-order valence-electron chi connectivity index (χ4n) is 5.56. The molecular formula is C28H40FN3O3. The topological polar surface area (TPSA) is 78.5 Å². The number of benzene rings is 1. The van der Waals surface area contributed by atoms with Gasteiger partial charge in [-0.1, -0.05) is 33.1 Å². The number of piperidine rings is 1.